The van der Waals surface area contributed by atoms with E-state index in [0.29, 0.717) is 11.1 Å². The van der Waals surface area contributed by atoms with Gasteiger partial charge in [0.15, 0.2) is 0 Å². The van der Waals surface area contributed by atoms with E-state index in [2.05, 4.69) is 10.2 Å². The zero-order valence-electron chi connectivity index (χ0n) is 7.03. The van der Waals surface area contributed by atoms with E-state index in [1.54, 1.807) is 18.2 Å². The van der Waals surface area contributed by atoms with Gasteiger partial charge in [-0.3, -0.25) is 19.8 Å². The van der Waals surface area contributed by atoms with E-state index in [1.807, 2.05) is 0 Å². The molecule has 1 heterocycles. The average Bonchev–Trinajstić information content (AvgIpc) is 2.12. The third kappa shape index (κ3) is 1.38. The SMILES string of the molecule is Cl.Nc1cccc2c(=O)[nH][nH]c(=O)c12. The van der Waals surface area contributed by atoms with Crippen LogP contribution in [-0.4, -0.2) is 10.2 Å². The van der Waals surface area contributed by atoms with Crippen LogP contribution in [0, 0.1) is 0 Å². The molecule has 74 valence electrons. The predicted molar refractivity (Wildman–Crippen MR) is 56.8 cm³/mol. The third-order valence-electron chi connectivity index (χ3n) is 1.86. The van der Waals surface area contributed by atoms with Crippen LogP contribution in [0.3, 0.4) is 0 Å². The van der Waals surface area contributed by atoms with Crippen molar-refractivity contribution in [3.63, 3.8) is 0 Å². The monoisotopic (exact) mass is 213 g/mol. The molecule has 0 bridgehead atoms. The lowest BCUT2D eigenvalue weighted by molar-refractivity contribution is 0.977. The highest BCUT2D eigenvalue weighted by Crippen LogP contribution is 2.11. The lowest BCUT2D eigenvalue weighted by atomic mass is 10.2. The highest BCUT2D eigenvalue weighted by molar-refractivity contribution is 5.91. The van der Waals surface area contributed by atoms with Gasteiger partial charge in [-0.15, -0.1) is 12.4 Å². The van der Waals surface area contributed by atoms with Gasteiger partial charge < -0.3 is 5.73 Å². The van der Waals surface area contributed by atoms with Gasteiger partial charge >= 0.3 is 0 Å². The molecule has 0 fully saturated rings. The molecule has 0 aliphatic heterocycles. The molecule has 5 nitrogen and oxygen atoms in total. The smallest absolute Gasteiger partial charge is 0.272 e. The first-order valence-electron chi connectivity index (χ1n) is 3.69. The van der Waals surface area contributed by atoms with Crippen LogP contribution >= 0.6 is 12.4 Å². The number of halogens is 1. The van der Waals surface area contributed by atoms with Gasteiger partial charge in [0, 0.05) is 5.69 Å². The Balaban J connectivity index is 0.000000980. The van der Waals surface area contributed by atoms with Crippen LogP contribution in [-0.2, 0) is 0 Å². The van der Waals surface area contributed by atoms with Gasteiger partial charge in [-0.1, -0.05) is 6.07 Å². The van der Waals surface area contributed by atoms with Crippen LogP contribution in [0.1, 0.15) is 0 Å². The van der Waals surface area contributed by atoms with Crippen molar-refractivity contribution in [1.82, 2.24) is 10.2 Å². The second kappa shape index (κ2) is 3.55. The molecule has 2 aromatic rings. The first kappa shape index (κ1) is 10.3. The van der Waals surface area contributed by atoms with Crippen LogP contribution in [0.4, 0.5) is 5.69 Å². The topological polar surface area (TPSA) is 91.7 Å². The van der Waals surface area contributed by atoms with Gasteiger partial charge in [-0.2, -0.15) is 0 Å². The lowest BCUT2D eigenvalue weighted by Crippen LogP contribution is -2.19. The Hall–Kier alpha value is -1.75. The molecule has 0 aliphatic rings. The van der Waals surface area contributed by atoms with Crippen molar-refractivity contribution in [2.75, 3.05) is 5.73 Å². The number of fused-ring (bicyclic) bond motifs is 1. The van der Waals surface area contributed by atoms with E-state index in [-0.39, 0.29) is 28.9 Å². The summed E-state index contributed by atoms with van der Waals surface area (Å²) in [6.45, 7) is 0. The zero-order valence-corrected chi connectivity index (χ0v) is 7.85. The predicted octanol–water partition coefficient (Wildman–Crippen LogP) is 0.220. The van der Waals surface area contributed by atoms with Crippen molar-refractivity contribution < 1.29 is 0 Å². The largest absolute Gasteiger partial charge is 0.398 e. The number of aromatic nitrogens is 2. The minimum Gasteiger partial charge on any atom is -0.398 e. The second-order valence-electron chi connectivity index (χ2n) is 2.68. The van der Waals surface area contributed by atoms with Crippen LogP contribution in [0.15, 0.2) is 27.8 Å². The molecule has 0 unspecified atom stereocenters. The molecular formula is C8H8ClN3O2. The Morgan fingerprint density at radius 3 is 2.36 bits per heavy atom. The molecular weight excluding hydrogens is 206 g/mol. The normalized spacial score (nSPS) is 9.71. The van der Waals surface area contributed by atoms with Gasteiger partial charge in [0.2, 0.25) is 0 Å². The van der Waals surface area contributed by atoms with Crippen LogP contribution in [0.2, 0.25) is 0 Å². The van der Waals surface area contributed by atoms with E-state index >= 15 is 0 Å². The average molecular weight is 214 g/mol. The van der Waals surface area contributed by atoms with Crippen LogP contribution in [0.5, 0.6) is 0 Å². The van der Waals surface area contributed by atoms with Gasteiger partial charge in [-0.05, 0) is 12.1 Å². The highest BCUT2D eigenvalue weighted by Gasteiger charge is 2.04. The number of anilines is 1. The molecule has 0 saturated heterocycles. The molecule has 0 atom stereocenters. The van der Waals surface area contributed by atoms with E-state index in [1.165, 1.54) is 0 Å². The number of rotatable bonds is 0. The molecule has 0 aliphatic carbocycles. The molecule has 14 heavy (non-hydrogen) atoms. The summed E-state index contributed by atoms with van der Waals surface area (Å²) in [4.78, 5) is 22.4. The van der Waals surface area contributed by atoms with Crippen molar-refractivity contribution in [3.8, 4) is 0 Å². The maximum absolute atomic E-state index is 11.2. The molecule has 4 N–H and O–H groups in total. The molecule has 2 rings (SSSR count). The van der Waals surface area contributed by atoms with Crippen molar-refractivity contribution in [3.05, 3.63) is 38.9 Å². The fourth-order valence-electron chi connectivity index (χ4n) is 1.26. The summed E-state index contributed by atoms with van der Waals surface area (Å²) in [5.41, 5.74) is 5.14. The molecule has 0 saturated carbocycles. The molecule has 6 heteroatoms. The lowest BCUT2D eigenvalue weighted by Gasteiger charge is -1.97. The van der Waals surface area contributed by atoms with Crippen molar-refractivity contribution >= 4 is 28.9 Å². The van der Waals surface area contributed by atoms with E-state index in [4.69, 9.17) is 5.73 Å². The first-order chi connectivity index (χ1) is 6.20. The maximum Gasteiger partial charge on any atom is 0.272 e. The summed E-state index contributed by atoms with van der Waals surface area (Å²) >= 11 is 0. The number of nitrogen functional groups attached to an aromatic ring is 1. The fraction of sp³-hybridized carbons (Fsp3) is 0. The molecule has 0 amide bonds. The Morgan fingerprint density at radius 2 is 1.71 bits per heavy atom. The first-order valence-corrected chi connectivity index (χ1v) is 3.69. The van der Waals surface area contributed by atoms with Crippen LogP contribution in [0.25, 0.3) is 10.8 Å². The maximum atomic E-state index is 11.2. The van der Waals surface area contributed by atoms with Crippen molar-refractivity contribution in [1.29, 1.82) is 0 Å². The van der Waals surface area contributed by atoms with Gasteiger partial charge in [0.25, 0.3) is 11.1 Å². The highest BCUT2D eigenvalue weighted by atomic mass is 35.5. The number of aromatic amines is 2. The molecule has 0 spiro atoms. The Morgan fingerprint density at radius 1 is 1.07 bits per heavy atom. The Kier molecular flexibility index (Phi) is 2.62. The van der Waals surface area contributed by atoms with Crippen molar-refractivity contribution in [2.24, 2.45) is 0 Å². The zero-order chi connectivity index (χ0) is 9.42. The number of hydrogen-bond donors (Lipinski definition) is 3. The molecule has 1 aromatic carbocycles. The molecule has 0 radical (unpaired) electrons. The van der Waals surface area contributed by atoms with E-state index in [0.717, 1.165) is 0 Å². The van der Waals surface area contributed by atoms with Gasteiger partial charge in [0.05, 0.1) is 10.8 Å². The minimum absolute atomic E-state index is 0. The van der Waals surface area contributed by atoms with Gasteiger partial charge in [-0.25, -0.2) is 0 Å². The van der Waals surface area contributed by atoms with Crippen LogP contribution < -0.4 is 16.9 Å². The summed E-state index contributed by atoms with van der Waals surface area (Å²) in [6.07, 6.45) is 0. The minimum atomic E-state index is -0.382. The summed E-state index contributed by atoms with van der Waals surface area (Å²) in [5.74, 6) is 0. The second-order valence-corrected chi connectivity index (χ2v) is 2.68. The van der Waals surface area contributed by atoms with E-state index in [9.17, 15) is 9.59 Å². The van der Waals surface area contributed by atoms with Gasteiger partial charge in [0.1, 0.15) is 0 Å². The summed E-state index contributed by atoms with van der Waals surface area (Å²) < 4.78 is 0. The number of H-pyrrole nitrogens is 2. The summed E-state index contributed by atoms with van der Waals surface area (Å²) in [5, 5.41) is 4.98. The number of hydrogen-bond acceptors (Lipinski definition) is 3. The summed E-state index contributed by atoms with van der Waals surface area (Å²) in [6, 6.07) is 4.77. The quantitative estimate of drug-likeness (QED) is 0.547. The summed E-state index contributed by atoms with van der Waals surface area (Å²) in [7, 11) is 0. The Bertz CT molecular complexity index is 573. The van der Waals surface area contributed by atoms with E-state index < -0.39 is 0 Å². The third-order valence-corrected chi connectivity index (χ3v) is 1.86. The van der Waals surface area contributed by atoms with Crippen molar-refractivity contribution in [2.45, 2.75) is 0 Å². The Labute approximate surface area is 84.3 Å². The molecule has 1 aromatic heterocycles. The number of nitrogens with two attached hydrogens (primary N) is 1. The standard InChI is InChI=1S/C8H7N3O2.ClH/c9-5-3-1-2-4-6(5)8(13)11-10-7(4)12;/h1-3H,9H2,(H,10,12)(H,11,13);1H. The number of benzene rings is 1. The number of nitrogens with one attached hydrogen (secondary N) is 2. The fourth-order valence-corrected chi connectivity index (χ4v) is 1.26.